The second kappa shape index (κ2) is 8.31. The Morgan fingerprint density at radius 3 is 2.90 bits per heavy atom. The molecule has 0 aliphatic carbocycles. The number of nitrogens with one attached hydrogen (secondary N) is 1. The van der Waals surface area contributed by atoms with Crippen LogP contribution in [0.25, 0.3) is 28.2 Å². The number of allylic oxidation sites excluding steroid dienone is 2. The molecule has 0 radical (unpaired) electrons. The van der Waals surface area contributed by atoms with Crippen LogP contribution in [0.1, 0.15) is 11.4 Å². The molecule has 0 fully saturated rings. The van der Waals surface area contributed by atoms with E-state index in [-0.39, 0.29) is 17.1 Å². The number of fused-ring (bicyclic) bond motifs is 1. The SMILES string of the molecule is C=CCn1c(SCC(O)=C(C#N)c2nc3ccccc3[nH]2)nnc1-c1occc1C. The van der Waals surface area contributed by atoms with E-state index in [1.54, 1.807) is 12.3 Å². The first-order valence-electron chi connectivity index (χ1n) is 9.11. The zero-order chi connectivity index (χ0) is 21.1. The number of aryl methyl sites for hydroxylation is 1. The van der Waals surface area contributed by atoms with Crippen LogP contribution in [0.2, 0.25) is 0 Å². The van der Waals surface area contributed by atoms with E-state index in [0.717, 1.165) is 16.6 Å². The number of H-pyrrole nitrogens is 1. The number of hydrogen-bond donors (Lipinski definition) is 2. The molecule has 8 nitrogen and oxygen atoms in total. The lowest BCUT2D eigenvalue weighted by molar-refractivity contribution is 0.420. The fraction of sp³-hybridized carbons (Fsp3) is 0.143. The highest BCUT2D eigenvalue weighted by atomic mass is 32.2. The number of nitrogens with zero attached hydrogens (tertiary/aromatic N) is 5. The second-order valence-electron chi connectivity index (χ2n) is 6.46. The molecule has 0 atom stereocenters. The van der Waals surface area contributed by atoms with Crippen molar-refractivity contribution in [1.82, 2.24) is 24.7 Å². The van der Waals surface area contributed by atoms with Crippen LogP contribution in [0.4, 0.5) is 0 Å². The topological polar surface area (TPSA) is 117 Å². The van der Waals surface area contributed by atoms with Gasteiger partial charge in [0.25, 0.3) is 0 Å². The zero-order valence-electron chi connectivity index (χ0n) is 16.2. The molecule has 30 heavy (non-hydrogen) atoms. The number of thioether (sulfide) groups is 1. The van der Waals surface area contributed by atoms with E-state index in [9.17, 15) is 10.4 Å². The van der Waals surface area contributed by atoms with Crippen LogP contribution in [0.15, 0.2) is 64.6 Å². The molecule has 150 valence electrons. The van der Waals surface area contributed by atoms with Crippen molar-refractivity contribution in [3.05, 3.63) is 66.4 Å². The minimum absolute atomic E-state index is 0.0922. The fourth-order valence-corrected chi connectivity index (χ4v) is 3.81. The summed E-state index contributed by atoms with van der Waals surface area (Å²) in [5.74, 6) is 1.59. The van der Waals surface area contributed by atoms with Gasteiger partial charge in [0.05, 0.1) is 23.0 Å². The van der Waals surface area contributed by atoms with Crippen LogP contribution in [-0.2, 0) is 6.54 Å². The second-order valence-corrected chi connectivity index (χ2v) is 7.41. The first kappa shape index (κ1) is 19.5. The minimum atomic E-state index is -0.0922. The van der Waals surface area contributed by atoms with E-state index in [4.69, 9.17) is 4.42 Å². The zero-order valence-corrected chi connectivity index (χ0v) is 17.0. The predicted molar refractivity (Wildman–Crippen MR) is 115 cm³/mol. The van der Waals surface area contributed by atoms with Gasteiger partial charge in [-0.05, 0) is 30.7 Å². The molecular formula is C21H18N6O2S. The standard InChI is InChI=1S/C21H18N6O2S/c1-3-9-27-20(18-13(2)8-10-29-18)25-26-21(27)30-12-17(28)14(11-22)19-23-15-6-4-5-7-16(15)24-19/h3-8,10,28H,1,9,12H2,2H3,(H,23,24). The van der Waals surface area contributed by atoms with Gasteiger partial charge in [-0.2, -0.15) is 5.26 Å². The lowest BCUT2D eigenvalue weighted by Crippen LogP contribution is -2.02. The molecule has 4 rings (SSSR count). The van der Waals surface area contributed by atoms with Crippen molar-refractivity contribution < 1.29 is 9.52 Å². The summed E-state index contributed by atoms with van der Waals surface area (Å²) in [7, 11) is 0. The van der Waals surface area contributed by atoms with Crippen LogP contribution in [0.3, 0.4) is 0 Å². The Hall–Kier alpha value is -3.77. The van der Waals surface area contributed by atoms with Gasteiger partial charge < -0.3 is 14.5 Å². The van der Waals surface area contributed by atoms with Crippen LogP contribution in [0.5, 0.6) is 0 Å². The van der Waals surface area contributed by atoms with Crippen molar-refractivity contribution in [2.75, 3.05) is 5.75 Å². The Kier molecular flexibility index (Phi) is 5.41. The number of aromatic amines is 1. The van der Waals surface area contributed by atoms with Crippen molar-refractivity contribution in [2.24, 2.45) is 0 Å². The molecule has 0 aliphatic rings. The summed E-state index contributed by atoms with van der Waals surface area (Å²) in [6.45, 7) is 6.19. The lowest BCUT2D eigenvalue weighted by atomic mass is 10.2. The van der Waals surface area contributed by atoms with Gasteiger partial charge in [0.2, 0.25) is 5.82 Å². The van der Waals surface area contributed by atoms with E-state index < -0.39 is 0 Å². The average molecular weight is 418 g/mol. The van der Waals surface area contributed by atoms with E-state index in [1.807, 2.05) is 47.9 Å². The maximum Gasteiger partial charge on any atom is 0.201 e. The first-order valence-corrected chi connectivity index (χ1v) is 10.1. The quantitative estimate of drug-likeness (QED) is 0.196. The number of aliphatic hydroxyl groups excluding tert-OH is 1. The van der Waals surface area contributed by atoms with Gasteiger partial charge in [0.1, 0.15) is 17.4 Å². The number of imidazole rings is 1. The smallest absolute Gasteiger partial charge is 0.201 e. The Morgan fingerprint density at radius 1 is 1.37 bits per heavy atom. The van der Waals surface area contributed by atoms with E-state index in [0.29, 0.717) is 29.1 Å². The summed E-state index contributed by atoms with van der Waals surface area (Å²) in [6, 6.07) is 11.3. The van der Waals surface area contributed by atoms with Gasteiger partial charge >= 0.3 is 0 Å². The van der Waals surface area contributed by atoms with Crippen LogP contribution in [-0.4, -0.2) is 35.6 Å². The summed E-state index contributed by atoms with van der Waals surface area (Å²) < 4.78 is 7.39. The Balaban J connectivity index is 1.61. The van der Waals surface area contributed by atoms with Crippen molar-refractivity contribution in [1.29, 1.82) is 5.26 Å². The molecule has 0 bridgehead atoms. The number of furan rings is 1. The molecule has 1 aromatic carbocycles. The predicted octanol–water partition coefficient (Wildman–Crippen LogP) is 4.49. The number of aromatic nitrogens is 5. The third-order valence-electron chi connectivity index (χ3n) is 4.46. The molecule has 2 N–H and O–H groups in total. The highest BCUT2D eigenvalue weighted by Crippen LogP contribution is 2.29. The van der Waals surface area contributed by atoms with Gasteiger partial charge in [0.15, 0.2) is 16.7 Å². The number of nitriles is 1. The van der Waals surface area contributed by atoms with Gasteiger partial charge in [-0.3, -0.25) is 4.57 Å². The summed E-state index contributed by atoms with van der Waals surface area (Å²) in [5, 5.41) is 29.2. The first-order chi connectivity index (χ1) is 14.6. The maximum absolute atomic E-state index is 10.6. The highest BCUT2D eigenvalue weighted by molar-refractivity contribution is 7.99. The number of benzene rings is 1. The van der Waals surface area contributed by atoms with Crippen LogP contribution in [0, 0.1) is 18.3 Å². The van der Waals surface area contributed by atoms with Crippen molar-refractivity contribution >= 4 is 28.4 Å². The van der Waals surface area contributed by atoms with Gasteiger partial charge in [-0.15, -0.1) is 16.8 Å². The van der Waals surface area contributed by atoms with Crippen molar-refractivity contribution in [3.63, 3.8) is 0 Å². The van der Waals surface area contributed by atoms with Gasteiger partial charge in [-0.25, -0.2) is 4.98 Å². The Labute approximate surface area is 176 Å². The fourth-order valence-electron chi connectivity index (χ4n) is 2.99. The molecule has 3 aromatic heterocycles. The number of para-hydroxylation sites is 2. The van der Waals surface area contributed by atoms with E-state index >= 15 is 0 Å². The molecule has 0 spiro atoms. The van der Waals surface area contributed by atoms with E-state index in [1.165, 1.54) is 11.8 Å². The molecule has 4 aromatic rings. The van der Waals surface area contributed by atoms with Gasteiger partial charge in [-0.1, -0.05) is 30.0 Å². The number of hydrogen-bond acceptors (Lipinski definition) is 7. The summed E-state index contributed by atoms with van der Waals surface area (Å²) in [6.07, 6.45) is 3.34. The lowest BCUT2D eigenvalue weighted by Gasteiger charge is -2.07. The van der Waals surface area contributed by atoms with Crippen molar-refractivity contribution in [3.8, 4) is 17.7 Å². The highest BCUT2D eigenvalue weighted by Gasteiger charge is 2.19. The molecular weight excluding hydrogens is 400 g/mol. The van der Waals surface area contributed by atoms with Gasteiger partial charge in [0, 0.05) is 6.54 Å². The molecule has 9 heteroatoms. The number of aliphatic hydroxyl groups is 1. The molecule has 0 aliphatic heterocycles. The molecule has 0 saturated heterocycles. The normalized spacial score (nSPS) is 12.0. The third kappa shape index (κ3) is 3.60. The Bertz CT molecular complexity index is 1260. The monoisotopic (exact) mass is 418 g/mol. The van der Waals surface area contributed by atoms with E-state index in [2.05, 4.69) is 26.7 Å². The maximum atomic E-state index is 10.6. The summed E-state index contributed by atoms with van der Waals surface area (Å²) in [4.78, 5) is 7.46. The average Bonchev–Trinajstić information content (AvgIpc) is 3.45. The Morgan fingerprint density at radius 2 is 2.20 bits per heavy atom. The van der Waals surface area contributed by atoms with Crippen LogP contribution < -0.4 is 0 Å². The third-order valence-corrected chi connectivity index (χ3v) is 5.44. The molecule has 3 heterocycles. The molecule has 0 amide bonds. The number of rotatable bonds is 7. The van der Waals surface area contributed by atoms with Crippen LogP contribution >= 0.6 is 11.8 Å². The largest absolute Gasteiger partial charge is 0.510 e. The summed E-state index contributed by atoms with van der Waals surface area (Å²) in [5.41, 5.74) is 2.56. The molecule has 0 unspecified atom stereocenters. The summed E-state index contributed by atoms with van der Waals surface area (Å²) >= 11 is 1.26. The van der Waals surface area contributed by atoms with Crippen molar-refractivity contribution in [2.45, 2.75) is 18.6 Å². The minimum Gasteiger partial charge on any atom is -0.510 e. The molecule has 0 saturated carbocycles.